The van der Waals surface area contributed by atoms with Crippen molar-refractivity contribution in [2.24, 2.45) is 0 Å². The molecule has 0 aliphatic heterocycles. The molecule has 0 bridgehead atoms. The zero-order valence-electron chi connectivity index (χ0n) is 8.74. The van der Waals surface area contributed by atoms with Gasteiger partial charge in [-0.2, -0.15) is 13.8 Å². The SMILES string of the molecule is C[CH-]C.Clc1ccc2nc[c-]nc2c1.[Y]. The van der Waals surface area contributed by atoms with E-state index in [1.807, 2.05) is 26.3 Å². The summed E-state index contributed by atoms with van der Waals surface area (Å²) in [5.74, 6) is 0. The van der Waals surface area contributed by atoms with Crippen LogP contribution in [0.3, 0.4) is 0 Å². The molecule has 77 valence electrons. The van der Waals surface area contributed by atoms with Crippen molar-refractivity contribution in [3.63, 3.8) is 0 Å². The Balaban J connectivity index is 0.000000443. The first-order valence-electron chi connectivity index (χ1n) is 4.30. The zero-order valence-corrected chi connectivity index (χ0v) is 12.3. The van der Waals surface area contributed by atoms with Crippen LogP contribution in [0.15, 0.2) is 24.4 Å². The molecule has 0 saturated carbocycles. The Hall–Kier alpha value is -0.0461. The van der Waals surface area contributed by atoms with Crippen LogP contribution in [-0.2, 0) is 32.7 Å². The Morgan fingerprint density at radius 1 is 1.27 bits per heavy atom. The monoisotopic (exact) mass is 295 g/mol. The predicted molar refractivity (Wildman–Crippen MR) is 59.0 cm³/mol. The summed E-state index contributed by atoms with van der Waals surface area (Å²) in [5, 5.41) is 0.673. The molecule has 2 nitrogen and oxygen atoms in total. The molecular formula is C11H11ClN2Y-2. The Kier molecular flexibility index (Phi) is 8.12. The van der Waals surface area contributed by atoms with E-state index in [2.05, 4.69) is 16.2 Å². The molecule has 0 spiro atoms. The van der Waals surface area contributed by atoms with Crippen LogP contribution in [0.1, 0.15) is 13.8 Å². The summed E-state index contributed by atoms with van der Waals surface area (Å²) in [6, 6.07) is 5.39. The van der Waals surface area contributed by atoms with Crippen molar-refractivity contribution < 1.29 is 32.7 Å². The molecule has 1 aromatic carbocycles. The average Bonchev–Trinajstić information content (AvgIpc) is 2.19. The fourth-order valence-corrected chi connectivity index (χ4v) is 1.06. The summed E-state index contributed by atoms with van der Waals surface area (Å²) in [4.78, 5) is 8.02. The zero-order chi connectivity index (χ0) is 10.4. The minimum absolute atomic E-state index is 0. The fraction of sp³-hybridized carbons (Fsp3) is 0.182. The van der Waals surface area contributed by atoms with Gasteiger partial charge in [-0.15, -0.1) is 6.20 Å². The van der Waals surface area contributed by atoms with Crippen LogP contribution >= 0.6 is 11.6 Å². The molecule has 0 N–H and O–H groups in total. The van der Waals surface area contributed by atoms with Gasteiger partial charge in [-0.1, -0.05) is 29.3 Å². The Morgan fingerprint density at radius 3 is 2.60 bits per heavy atom. The van der Waals surface area contributed by atoms with Crippen LogP contribution in [0.25, 0.3) is 11.0 Å². The molecule has 0 amide bonds. The van der Waals surface area contributed by atoms with Crippen molar-refractivity contribution in [3.8, 4) is 0 Å². The quantitative estimate of drug-likeness (QED) is 0.697. The molecule has 0 atom stereocenters. The van der Waals surface area contributed by atoms with Crippen molar-refractivity contribution in [1.82, 2.24) is 9.97 Å². The minimum atomic E-state index is 0. The molecule has 1 heterocycles. The molecule has 1 aromatic heterocycles. The van der Waals surface area contributed by atoms with Gasteiger partial charge < -0.3 is 11.4 Å². The van der Waals surface area contributed by atoms with E-state index in [-0.39, 0.29) is 32.7 Å². The molecule has 0 saturated heterocycles. The number of fused-ring (bicyclic) bond motifs is 1. The molecule has 4 heteroatoms. The second kappa shape index (κ2) is 8.15. The third kappa shape index (κ3) is 5.01. The van der Waals surface area contributed by atoms with E-state index >= 15 is 0 Å². The van der Waals surface area contributed by atoms with Gasteiger partial charge in [-0.3, -0.25) is 4.98 Å². The number of hydrogen-bond acceptors (Lipinski definition) is 2. The van der Waals surface area contributed by atoms with E-state index in [0.717, 1.165) is 11.0 Å². The van der Waals surface area contributed by atoms with E-state index in [9.17, 15) is 0 Å². The van der Waals surface area contributed by atoms with E-state index < -0.39 is 0 Å². The maximum atomic E-state index is 5.74. The Morgan fingerprint density at radius 2 is 1.93 bits per heavy atom. The van der Waals surface area contributed by atoms with Crippen LogP contribution in [0, 0.1) is 12.6 Å². The molecule has 0 aliphatic rings. The van der Waals surface area contributed by atoms with Gasteiger partial charge >= 0.3 is 0 Å². The Labute approximate surface area is 120 Å². The first kappa shape index (κ1) is 15.0. The molecule has 1 radical (unpaired) electrons. The third-order valence-corrected chi connectivity index (χ3v) is 1.62. The molecule has 0 aliphatic carbocycles. The summed E-state index contributed by atoms with van der Waals surface area (Å²) in [5.41, 5.74) is 1.62. The third-order valence-electron chi connectivity index (χ3n) is 1.38. The van der Waals surface area contributed by atoms with E-state index in [0.29, 0.717) is 5.02 Å². The summed E-state index contributed by atoms with van der Waals surface area (Å²) in [6.45, 7) is 4.00. The van der Waals surface area contributed by atoms with E-state index in [4.69, 9.17) is 11.6 Å². The van der Waals surface area contributed by atoms with Gasteiger partial charge in [0.25, 0.3) is 0 Å². The largest absolute Gasteiger partial charge is 0.448 e. The summed E-state index contributed by atoms with van der Waals surface area (Å²) < 4.78 is 0. The van der Waals surface area contributed by atoms with Crippen LogP contribution in [0.5, 0.6) is 0 Å². The van der Waals surface area contributed by atoms with Gasteiger partial charge in [0, 0.05) is 43.2 Å². The van der Waals surface area contributed by atoms with Gasteiger partial charge in [-0.25, -0.2) is 0 Å². The summed E-state index contributed by atoms with van der Waals surface area (Å²) in [6.07, 6.45) is 6.18. The van der Waals surface area contributed by atoms with Gasteiger partial charge in [0.2, 0.25) is 0 Å². The van der Waals surface area contributed by atoms with Crippen molar-refractivity contribution in [2.75, 3.05) is 0 Å². The first-order chi connectivity index (χ1) is 6.77. The first-order valence-corrected chi connectivity index (χ1v) is 4.68. The molecule has 2 aromatic rings. The van der Waals surface area contributed by atoms with Gasteiger partial charge in [0.1, 0.15) is 0 Å². The van der Waals surface area contributed by atoms with Gasteiger partial charge in [0.15, 0.2) is 0 Å². The van der Waals surface area contributed by atoms with Crippen LogP contribution in [0.4, 0.5) is 0 Å². The smallest absolute Gasteiger partial charge is 0.0250 e. The van der Waals surface area contributed by atoms with E-state index in [1.165, 1.54) is 6.20 Å². The van der Waals surface area contributed by atoms with E-state index in [1.54, 1.807) is 12.1 Å². The number of nitrogens with zero attached hydrogens (tertiary/aromatic N) is 2. The topological polar surface area (TPSA) is 25.8 Å². The predicted octanol–water partition coefficient (Wildman–Crippen LogP) is 3.31. The standard InChI is InChI=1S/C8H4ClN2.C3H7.Y/c9-6-1-2-7-8(5-6)11-4-3-10-7;1-3-2;/h1-3,5H;3H,1-2H3;/q2*-1;. The van der Waals surface area contributed by atoms with Crippen molar-refractivity contribution >= 4 is 22.6 Å². The minimum Gasteiger partial charge on any atom is -0.448 e. The van der Waals surface area contributed by atoms with Crippen LogP contribution in [-0.4, -0.2) is 9.97 Å². The van der Waals surface area contributed by atoms with Gasteiger partial charge in [-0.05, 0) is 12.3 Å². The maximum absolute atomic E-state index is 5.74. The van der Waals surface area contributed by atoms with Crippen molar-refractivity contribution in [1.29, 1.82) is 0 Å². The molecule has 2 rings (SSSR count). The van der Waals surface area contributed by atoms with Crippen molar-refractivity contribution in [2.45, 2.75) is 13.8 Å². The van der Waals surface area contributed by atoms with Crippen LogP contribution in [0.2, 0.25) is 5.02 Å². The Bertz CT molecular complexity index is 406. The molecule has 0 fully saturated rings. The fourth-order valence-electron chi connectivity index (χ4n) is 0.892. The summed E-state index contributed by atoms with van der Waals surface area (Å²) in [7, 11) is 0. The molecular weight excluding hydrogens is 284 g/mol. The van der Waals surface area contributed by atoms with Crippen molar-refractivity contribution in [3.05, 3.63) is 42.0 Å². The number of halogens is 1. The number of benzene rings is 1. The average molecular weight is 296 g/mol. The normalized spacial score (nSPS) is 8.73. The maximum Gasteiger partial charge on any atom is 0.0250 e. The molecule has 0 unspecified atom stereocenters. The second-order valence-corrected chi connectivity index (χ2v) is 3.15. The van der Waals surface area contributed by atoms with Gasteiger partial charge in [0.05, 0.1) is 0 Å². The number of aromatic nitrogens is 2. The van der Waals surface area contributed by atoms with Crippen LogP contribution < -0.4 is 0 Å². The number of rotatable bonds is 0. The second-order valence-electron chi connectivity index (χ2n) is 2.71. The summed E-state index contributed by atoms with van der Waals surface area (Å²) >= 11 is 5.74. The number of hydrogen-bond donors (Lipinski definition) is 0. The molecule has 15 heavy (non-hydrogen) atoms.